The van der Waals surface area contributed by atoms with Gasteiger partial charge in [0.2, 0.25) is 0 Å². The molecular formula is C46H37ClN4O6S2. The first-order chi connectivity index (χ1) is 28.3. The Kier molecular flexibility index (Phi) is 13.6. The zero-order valence-corrected chi connectivity index (χ0v) is 34.7. The van der Waals surface area contributed by atoms with E-state index in [9.17, 15) is 19.2 Å². The zero-order valence-electron chi connectivity index (χ0n) is 32.3. The Bertz CT molecular complexity index is 2770. The van der Waals surface area contributed by atoms with Gasteiger partial charge in [-0.05, 0) is 158 Å². The number of esters is 2. The molecule has 0 bridgehead atoms. The number of carbonyl (C=O) groups is 4. The van der Waals surface area contributed by atoms with Gasteiger partial charge in [-0.3, -0.25) is 19.2 Å². The highest BCUT2D eigenvalue weighted by atomic mass is 35.5. The zero-order chi connectivity index (χ0) is 42.1. The molecule has 6 aromatic carbocycles. The molecule has 0 spiro atoms. The van der Waals surface area contributed by atoms with Crippen LogP contribution in [0.1, 0.15) is 45.7 Å². The van der Waals surface area contributed by atoms with Crippen molar-refractivity contribution in [3.8, 4) is 32.6 Å². The fourth-order valence-electron chi connectivity index (χ4n) is 5.50. The van der Waals surface area contributed by atoms with Crippen molar-refractivity contribution in [3.63, 3.8) is 0 Å². The van der Waals surface area contributed by atoms with Gasteiger partial charge < -0.3 is 20.5 Å². The molecule has 13 heteroatoms. The van der Waals surface area contributed by atoms with E-state index >= 15 is 0 Å². The van der Waals surface area contributed by atoms with Crippen LogP contribution in [0.5, 0.6) is 11.5 Å². The molecule has 0 aliphatic heterocycles. The molecule has 3 N–H and O–H groups in total. The number of hydrogen-bond donors (Lipinski definition) is 2. The first-order valence-electron chi connectivity index (χ1n) is 18.1. The SMILES string of the molecule is CC(=O)Oc1ccc(C(=O)Cl)cc1.CC(=O)Oc1ccc(C(=O)Nc2ccc(-c3nc4ccc(C)cc4s3)cc2)cc1.Cc1ccc2nc(-c3ccc(N)cc3)sc2c1. The van der Waals surface area contributed by atoms with E-state index < -0.39 is 17.2 Å². The third-order valence-electron chi connectivity index (χ3n) is 8.36. The molecule has 0 unspecified atom stereocenters. The summed E-state index contributed by atoms with van der Waals surface area (Å²) >= 11 is 8.59. The van der Waals surface area contributed by atoms with Crippen LogP contribution in [0, 0.1) is 13.8 Å². The normalized spacial score (nSPS) is 10.5. The molecule has 1 amide bonds. The van der Waals surface area contributed by atoms with Gasteiger partial charge >= 0.3 is 11.9 Å². The molecule has 8 rings (SSSR count). The van der Waals surface area contributed by atoms with Crippen LogP contribution in [0.15, 0.2) is 133 Å². The van der Waals surface area contributed by atoms with E-state index in [4.69, 9.17) is 26.8 Å². The molecule has 10 nitrogen and oxygen atoms in total. The minimum absolute atomic E-state index is 0.234. The second-order valence-corrected chi connectivity index (χ2v) is 15.5. The first kappa shape index (κ1) is 41.9. The number of anilines is 2. The standard InChI is InChI=1S/C23H18N2O3S.C14H12N2S.C9H7ClO3/c1-14-3-12-20-21(13-14)29-23(25-20)17-4-8-18(9-5-17)24-22(27)16-6-10-19(11-7-16)28-15(2)26;1-9-2-7-12-13(8-9)17-14(16-12)10-3-5-11(15)6-4-10;1-6(11)13-8-4-2-7(3-5-8)9(10)12/h3-13H,1-2H3,(H,24,27);2-8H,15H2,1H3;2-5H,1H3. The van der Waals surface area contributed by atoms with Gasteiger partial charge in [0, 0.05) is 47.5 Å². The highest BCUT2D eigenvalue weighted by Crippen LogP contribution is 2.32. The quantitative estimate of drug-likeness (QED) is 0.0691. The maximum absolute atomic E-state index is 12.4. The fourth-order valence-corrected chi connectivity index (χ4v) is 7.76. The largest absolute Gasteiger partial charge is 0.427 e. The summed E-state index contributed by atoms with van der Waals surface area (Å²) in [5.41, 5.74) is 14.7. The van der Waals surface area contributed by atoms with Crippen molar-refractivity contribution in [1.29, 1.82) is 0 Å². The van der Waals surface area contributed by atoms with Crippen molar-refractivity contribution in [3.05, 3.63) is 156 Å². The smallest absolute Gasteiger partial charge is 0.308 e. The average molecular weight is 841 g/mol. The molecule has 59 heavy (non-hydrogen) atoms. The van der Waals surface area contributed by atoms with Crippen LogP contribution in [-0.2, 0) is 9.59 Å². The summed E-state index contributed by atoms with van der Waals surface area (Å²) < 4.78 is 12.1. The number of benzene rings is 6. The molecule has 2 heterocycles. The van der Waals surface area contributed by atoms with Gasteiger partial charge in [-0.15, -0.1) is 22.7 Å². The molecular weight excluding hydrogens is 804 g/mol. The lowest BCUT2D eigenvalue weighted by atomic mass is 10.2. The minimum Gasteiger partial charge on any atom is -0.427 e. The molecule has 2 aromatic heterocycles. The summed E-state index contributed by atoms with van der Waals surface area (Å²) in [6.45, 7) is 6.81. The number of nitrogens with one attached hydrogen (secondary N) is 1. The van der Waals surface area contributed by atoms with E-state index in [2.05, 4.69) is 59.5 Å². The van der Waals surface area contributed by atoms with Gasteiger partial charge in [0.1, 0.15) is 21.5 Å². The summed E-state index contributed by atoms with van der Waals surface area (Å²) in [6, 6.07) is 40.5. The van der Waals surface area contributed by atoms with Gasteiger partial charge in [-0.2, -0.15) is 0 Å². The second kappa shape index (κ2) is 19.1. The highest BCUT2D eigenvalue weighted by molar-refractivity contribution is 7.22. The Labute approximate surface area is 353 Å². The Morgan fingerprint density at radius 1 is 0.576 bits per heavy atom. The number of nitrogens with two attached hydrogens (primary N) is 1. The third kappa shape index (κ3) is 11.7. The molecule has 8 aromatic rings. The van der Waals surface area contributed by atoms with Crippen LogP contribution in [0.2, 0.25) is 0 Å². The predicted octanol–water partition coefficient (Wildman–Crippen LogP) is 11.3. The molecule has 296 valence electrons. The summed E-state index contributed by atoms with van der Waals surface area (Å²) in [5, 5.41) is 4.33. The Morgan fingerprint density at radius 3 is 1.42 bits per heavy atom. The number of aryl methyl sites for hydroxylation is 2. The Hall–Kier alpha value is -6.73. The summed E-state index contributed by atoms with van der Waals surface area (Å²) in [6.07, 6.45) is 0. The lowest BCUT2D eigenvalue weighted by molar-refractivity contribution is -0.132. The number of fused-ring (bicyclic) bond motifs is 2. The van der Waals surface area contributed by atoms with E-state index in [-0.39, 0.29) is 5.91 Å². The lowest BCUT2D eigenvalue weighted by Crippen LogP contribution is -2.11. The maximum atomic E-state index is 12.4. The van der Waals surface area contributed by atoms with E-state index in [0.717, 1.165) is 42.6 Å². The second-order valence-electron chi connectivity index (χ2n) is 13.1. The van der Waals surface area contributed by atoms with Crippen LogP contribution < -0.4 is 20.5 Å². The predicted molar refractivity (Wildman–Crippen MR) is 238 cm³/mol. The van der Waals surface area contributed by atoms with Gasteiger partial charge in [0.15, 0.2) is 0 Å². The van der Waals surface area contributed by atoms with E-state index in [0.29, 0.717) is 28.3 Å². The number of hydrogen-bond acceptors (Lipinski definition) is 11. The molecule has 0 saturated heterocycles. The summed E-state index contributed by atoms with van der Waals surface area (Å²) in [5.74, 6) is -0.225. The van der Waals surface area contributed by atoms with Gasteiger partial charge in [0.05, 0.1) is 20.4 Å². The van der Waals surface area contributed by atoms with E-state index in [1.807, 2.05) is 54.6 Å². The number of aromatic nitrogens is 2. The van der Waals surface area contributed by atoms with Crippen LogP contribution >= 0.6 is 34.3 Å². The van der Waals surface area contributed by atoms with Crippen LogP contribution in [-0.4, -0.2) is 33.1 Å². The molecule has 0 radical (unpaired) electrons. The third-order valence-corrected chi connectivity index (χ3v) is 10.7. The molecule has 0 aliphatic rings. The van der Waals surface area contributed by atoms with Crippen LogP contribution in [0.3, 0.4) is 0 Å². The van der Waals surface area contributed by atoms with Crippen molar-refractivity contribution in [2.24, 2.45) is 0 Å². The Morgan fingerprint density at radius 2 is 1.00 bits per heavy atom. The lowest BCUT2D eigenvalue weighted by Gasteiger charge is -2.07. The number of rotatable bonds is 7. The average Bonchev–Trinajstić information content (AvgIpc) is 3.83. The molecule has 0 saturated carbocycles. The number of thiazole rings is 2. The van der Waals surface area contributed by atoms with Crippen LogP contribution in [0.4, 0.5) is 11.4 Å². The topological polar surface area (TPSA) is 151 Å². The van der Waals surface area contributed by atoms with Gasteiger partial charge in [0.25, 0.3) is 11.1 Å². The summed E-state index contributed by atoms with van der Waals surface area (Å²) in [4.78, 5) is 53.9. The van der Waals surface area contributed by atoms with Gasteiger partial charge in [-0.25, -0.2) is 9.97 Å². The number of nitrogen functional groups attached to an aromatic ring is 1. The van der Waals surface area contributed by atoms with Crippen molar-refractivity contribution >= 4 is 89.2 Å². The van der Waals surface area contributed by atoms with Crippen LogP contribution in [0.25, 0.3) is 41.6 Å². The Balaban J connectivity index is 0.000000165. The molecule has 0 fully saturated rings. The number of halogens is 1. The maximum Gasteiger partial charge on any atom is 0.308 e. The monoisotopic (exact) mass is 840 g/mol. The van der Waals surface area contributed by atoms with Crippen molar-refractivity contribution in [1.82, 2.24) is 9.97 Å². The number of carbonyl (C=O) groups excluding carboxylic acids is 4. The molecule has 0 aliphatic carbocycles. The highest BCUT2D eigenvalue weighted by Gasteiger charge is 2.10. The summed E-state index contributed by atoms with van der Waals surface area (Å²) in [7, 11) is 0. The van der Waals surface area contributed by atoms with Crippen molar-refractivity contribution in [2.75, 3.05) is 11.1 Å². The number of amides is 1. The van der Waals surface area contributed by atoms with E-state index in [1.54, 1.807) is 46.9 Å². The molecule has 0 atom stereocenters. The fraction of sp³-hybridized carbons (Fsp3) is 0.0870. The minimum atomic E-state index is -0.533. The van der Waals surface area contributed by atoms with Crippen molar-refractivity contribution < 1.29 is 28.7 Å². The van der Waals surface area contributed by atoms with E-state index in [1.165, 1.54) is 53.9 Å². The first-order valence-corrected chi connectivity index (χ1v) is 20.1. The number of nitrogens with zero attached hydrogens (tertiary/aromatic N) is 2. The van der Waals surface area contributed by atoms with Crippen molar-refractivity contribution in [2.45, 2.75) is 27.7 Å². The number of ether oxygens (including phenoxy) is 2. The van der Waals surface area contributed by atoms with Gasteiger partial charge in [-0.1, -0.05) is 12.1 Å².